The van der Waals surface area contributed by atoms with Crippen LogP contribution in [0.2, 0.25) is 0 Å². The second-order valence-electron chi connectivity index (χ2n) is 12.1. The summed E-state index contributed by atoms with van der Waals surface area (Å²) in [5.74, 6) is -0.283. The monoisotopic (exact) mass is 430 g/mol. The summed E-state index contributed by atoms with van der Waals surface area (Å²) in [6.45, 7) is 17.0. The molecule has 5 fully saturated rings. The maximum atomic E-state index is 14.0. The van der Waals surface area contributed by atoms with Crippen molar-refractivity contribution in [3.8, 4) is 0 Å². The highest BCUT2D eigenvalue weighted by atomic mass is 16.7. The van der Waals surface area contributed by atoms with Crippen LogP contribution in [0.25, 0.3) is 0 Å². The molecule has 5 rings (SSSR count). The number of ketones is 1. The molecule has 0 aromatic carbocycles. The molecule has 172 valence electrons. The van der Waals surface area contributed by atoms with Crippen molar-refractivity contribution in [2.75, 3.05) is 0 Å². The third kappa shape index (κ3) is 2.57. The van der Waals surface area contributed by atoms with Crippen LogP contribution in [0.4, 0.5) is 0 Å². The Morgan fingerprint density at radius 3 is 2.48 bits per heavy atom. The van der Waals surface area contributed by atoms with Crippen LogP contribution in [-0.2, 0) is 23.8 Å². The van der Waals surface area contributed by atoms with E-state index in [1.807, 2.05) is 20.8 Å². The average Bonchev–Trinajstić information content (AvgIpc) is 2.80. The van der Waals surface area contributed by atoms with Gasteiger partial charge in [0.05, 0.1) is 17.6 Å². The topological polar surface area (TPSA) is 61.8 Å². The van der Waals surface area contributed by atoms with Crippen molar-refractivity contribution < 1.29 is 23.8 Å². The van der Waals surface area contributed by atoms with Crippen molar-refractivity contribution in [1.82, 2.24) is 0 Å². The summed E-state index contributed by atoms with van der Waals surface area (Å²) in [5.41, 5.74) is -0.188. The SMILES string of the molecule is C=C1C(=O)[C@@]23[C@@H]4OC(C)(C)O[C@@H]2C[C@@H]2C(C)(C)CC[C@H](OC(=O)CC)[C@@]2(C)[C@@H]3CC[C@@H]14. The first kappa shape index (κ1) is 21.6. The molecule has 1 spiro atoms. The number of carbonyl (C=O) groups excluding carboxylic acids is 2. The highest BCUT2D eigenvalue weighted by molar-refractivity contribution is 6.04. The third-order valence-corrected chi connectivity index (χ3v) is 9.88. The Labute approximate surface area is 186 Å². The molecule has 2 bridgehead atoms. The highest BCUT2D eigenvalue weighted by Gasteiger charge is 2.78. The molecular formula is C26H38O5. The first-order valence-corrected chi connectivity index (χ1v) is 12.2. The summed E-state index contributed by atoms with van der Waals surface area (Å²) in [6.07, 6.45) is 4.32. The number of hydrogen-bond acceptors (Lipinski definition) is 5. The van der Waals surface area contributed by atoms with E-state index in [1.165, 1.54) is 0 Å². The molecule has 0 amide bonds. The molecule has 31 heavy (non-hydrogen) atoms. The van der Waals surface area contributed by atoms with E-state index in [1.54, 1.807) is 0 Å². The lowest BCUT2D eigenvalue weighted by Gasteiger charge is -2.69. The van der Waals surface area contributed by atoms with Gasteiger partial charge in [-0.2, -0.15) is 0 Å². The lowest BCUT2D eigenvalue weighted by Crippen LogP contribution is -2.74. The van der Waals surface area contributed by atoms with E-state index in [2.05, 4.69) is 27.4 Å². The van der Waals surface area contributed by atoms with Gasteiger partial charge in [0.2, 0.25) is 0 Å². The lowest BCUT2D eigenvalue weighted by atomic mass is 9.39. The number of fused-ring (bicyclic) bond motifs is 2. The first-order chi connectivity index (χ1) is 14.4. The predicted octanol–water partition coefficient (Wildman–Crippen LogP) is 4.83. The average molecular weight is 431 g/mol. The molecule has 4 saturated carbocycles. The van der Waals surface area contributed by atoms with Crippen molar-refractivity contribution in [1.29, 1.82) is 0 Å². The molecule has 0 unspecified atom stereocenters. The summed E-state index contributed by atoms with van der Waals surface area (Å²) < 4.78 is 19.3. The molecule has 5 aliphatic rings. The van der Waals surface area contributed by atoms with Crippen LogP contribution in [0, 0.1) is 34.0 Å². The zero-order valence-corrected chi connectivity index (χ0v) is 20.0. The fourth-order valence-electron chi connectivity index (χ4n) is 8.67. The van der Waals surface area contributed by atoms with Crippen LogP contribution in [0.1, 0.15) is 80.1 Å². The third-order valence-electron chi connectivity index (χ3n) is 9.88. The fraction of sp³-hybridized carbons (Fsp3) is 0.846. The highest BCUT2D eigenvalue weighted by Crippen LogP contribution is 2.73. The molecule has 4 aliphatic carbocycles. The Balaban J connectivity index is 1.69. The predicted molar refractivity (Wildman–Crippen MR) is 116 cm³/mol. The fourth-order valence-corrected chi connectivity index (χ4v) is 8.67. The summed E-state index contributed by atoms with van der Waals surface area (Å²) in [6, 6.07) is 0. The number of carbonyl (C=O) groups is 2. The smallest absolute Gasteiger partial charge is 0.305 e. The van der Waals surface area contributed by atoms with Gasteiger partial charge >= 0.3 is 5.97 Å². The minimum Gasteiger partial charge on any atom is -0.462 e. The van der Waals surface area contributed by atoms with E-state index in [-0.39, 0.29) is 52.7 Å². The van der Waals surface area contributed by atoms with Gasteiger partial charge in [-0.25, -0.2) is 0 Å². The molecule has 1 aliphatic heterocycles. The van der Waals surface area contributed by atoms with Gasteiger partial charge < -0.3 is 14.2 Å². The van der Waals surface area contributed by atoms with Gasteiger partial charge in [0.1, 0.15) is 6.10 Å². The largest absolute Gasteiger partial charge is 0.462 e. The Morgan fingerprint density at radius 1 is 1.10 bits per heavy atom. The molecule has 0 aromatic rings. The van der Waals surface area contributed by atoms with Crippen molar-refractivity contribution in [3.63, 3.8) is 0 Å². The van der Waals surface area contributed by atoms with E-state index in [0.29, 0.717) is 12.3 Å². The molecule has 1 heterocycles. The van der Waals surface area contributed by atoms with Crippen LogP contribution in [0.3, 0.4) is 0 Å². The van der Waals surface area contributed by atoms with Crippen molar-refractivity contribution >= 4 is 11.8 Å². The first-order valence-electron chi connectivity index (χ1n) is 12.2. The number of ether oxygens (including phenoxy) is 3. The van der Waals surface area contributed by atoms with Crippen LogP contribution in [0.5, 0.6) is 0 Å². The Bertz CT molecular complexity index is 843. The zero-order chi connectivity index (χ0) is 22.6. The maximum absolute atomic E-state index is 14.0. The molecule has 1 saturated heterocycles. The van der Waals surface area contributed by atoms with Crippen LogP contribution >= 0.6 is 0 Å². The van der Waals surface area contributed by atoms with Gasteiger partial charge in [0.15, 0.2) is 11.6 Å². The van der Waals surface area contributed by atoms with Crippen molar-refractivity contribution in [2.24, 2.45) is 34.0 Å². The van der Waals surface area contributed by atoms with E-state index in [0.717, 1.165) is 37.7 Å². The van der Waals surface area contributed by atoms with Gasteiger partial charge in [0, 0.05) is 17.8 Å². The summed E-state index contributed by atoms with van der Waals surface area (Å²) in [4.78, 5) is 26.4. The number of rotatable bonds is 2. The maximum Gasteiger partial charge on any atom is 0.305 e. The minimum atomic E-state index is -0.718. The number of hydrogen-bond donors (Lipinski definition) is 0. The summed E-state index contributed by atoms with van der Waals surface area (Å²) >= 11 is 0. The van der Waals surface area contributed by atoms with Gasteiger partial charge in [0.25, 0.3) is 0 Å². The second-order valence-corrected chi connectivity index (χ2v) is 12.1. The molecule has 5 nitrogen and oxygen atoms in total. The van der Waals surface area contributed by atoms with Crippen molar-refractivity contribution in [3.05, 3.63) is 12.2 Å². The van der Waals surface area contributed by atoms with Gasteiger partial charge in [-0.1, -0.05) is 34.3 Å². The van der Waals surface area contributed by atoms with Crippen LogP contribution in [-0.4, -0.2) is 35.9 Å². The van der Waals surface area contributed by atoms with E-state index < -0.39 is 11.2 Å². The van der Waals surface area contributed by atoms with Crippen molar-refractivity contribution in [2.45, 2.75) is 104 Å². The Kier molecular flexibility index (Phi) is 4.49. The molecule has 0 radical (unpaired) electrons. The zero-order valence-electron chi connectivity index (χ0n) is 20.0. The normalized spacial score (nSPS) is 49.2. The van der Waals surface area contributed by atoms with Gasteiger partial charge in [-0.3, -0.25) is 9.59 Å². The summed E-state index contributed by atoms with van der Waals surface area (Å²) in [5, 5.41) is 0. The Morgan fingerprint density at radius 2 is 1.81 bits per heavy atom. The van der Waals surface area contributed by atoms with E-state index in [4.69, 9.17) is 14.2 Å². The lowest BCUT2D eigenvalue weighted by molar-refractivity contribution is -0.385. The van der Waals surface area contributed by atoms with E-state index in [9.17, 15) is 9.59 Å². The van der Waals surface area contributed by atoms with Crippen LogP contribution in [0.15, 0.2) is 12.2 Å². The standard InChI is InChI=1S/C26H38O5/c1-8-20(27)29-18-11-12-23(3,4)17-13-19-26-16(25(17,18)7)10-9-15(14(2)21(26)28)22(26)31-24(5,6)30-19/h15-19,22H,2,8-13H2,1,3-7H3/t15-,16-,17+,18-,19+,22+,25-,26-/m0/s1. The molecule has 5 heteroatoms. The van der Waals surface area contributed by atoms with Gasteiger partial charge in [-0.15, -0.1) is 0 Å². The van der Waals surface area contributed by atoms with Gasteiger partial charge in [-0.05, 0) is 68.8 Å². The molecule has 0 aromatic heterocycles. The number of Topliss-reactive ketones (excluding diaryl/α,β-unsaturated/α-hetero) is 1. The minimum absolute atomic E-state index is 0.0575. The molecular weight excluding hydrogens is 392 g/mol. The quantitative estimate of drug-likeness (QED) is 0.464. The molecule has 0 N–H and O–H groups in total. The molecule has 8 atom stereocenters. The summed E-state index contributed by atoms with van der Waals surface area (Å²) in [7, 11) is 0. The Hall–Kier alpha value is -1.20. The van der Waals surface area contributed by atoms with Crippen LogP contribution < -0.4 is 0 Å². The van der Waals surface area contributed by atoms with E-state index >= 15 is 0 Å². The second kappa shape index (κ2) is 6.44. The number of esters is 1.